The second-order valence-corrected chi connectivity index (χ2v) is 5.93. The van der Waals surface area contributed by atoms with Gasteiger partial charge in [-0.25, -0.2) is 0 Å². The van der Waals surface area contributed by atoms with Crippen molar-refractivity contribution in [2.75, 3.05) is 0 Å². The van der Waals surface area contributed by atoms with Gasteiger partial charge in [0.05, 0.1) is 0 Å². The first-order valence-electron chi connectivity index (χ1n) is 8.17. The summed E-state index contributed by atoms with van der Waals surface area (Å²) in [5.74, 6) is 2.90. The minimum absolute atomic E-state index is 0.0857. The van der Waals surface area contributed by atoms with E-state index < -0.39 is 0 Å². The molecule has 0 saturated heterocycles. The fraction of sp³-hybridized carbons (Fsp3) is 0.273. The van der Waals surface area contributed by atoms with Crippen LogP contribution in [0.2, 0.25) is 0 Å². The molecule has 1 unspecified atom stereocenters. The molecule has 0 nitrogen and oxygen atoms in total. The summed E-state index contributed by atoms with van der Waals surface area (Å²) in [6.07, 6.45) is 12.4. The molecule has 109 valence electrons. The summed E-state index contributed by atoms with van der Waals surface area (Å²) in [7, 11) is 0. The van der Waals surface area contributed by atoms with Gasteiger partial charge in [0.25, 0.3) is 0 Å². The number of hydrogen-bond donors (Lipinski definition) is 0. The lowest BCUT2D eigenvalue weighted by atomic mass is 9.86. The number of benzene rings is 3. The molecule has 0 heterocycles. The van der Waals surface area contributed by atoms with E-state index in [1.807, 2.05) is 0 Å². The van der Waals surface area contributed by atoms with Gasteiger partial charge in [0.15, 0.2) is 0 Å². The Morgan fingerprint density at radius 2 is 1.50 bits per heavy atom. The van der Waals surface area contributed by atoms with Crippen LogP contribution in [0.4, 0.5) is 0 Å². The summed E-state index contributed by atoms with van der Waals surface area (Å²) in [4.78, 5) is 0. The van der Waals surface area contributed by atoms with E-state index in [4.69, 9.17) is 6.42 Å². The predicted molar refractivity (Wildman–Crippen MR) is 95.5 cm³/mol. The average molecular weight is 285 g/mol. The highest BCUT2D eigenvalue weighted by Crippen LogP contribution is 2.35. The van der Waals surface area contributed by atoms with E-state index in [9.17, 15) is 0 Å². The summed E-state index contributed by atoms with van der Waals surface area (Å²) in [6, 6.07) is 19.3. The van der Waals surface area contributed by atoms with E-state index in [1.54, 1.807) is 0 Å². The van der Waals surface area contributed by atoms with Gasteiger partial charge in [-0.3, -0.25) is 0 Å². The van der Waals surface area contributed by atoms with Crippen LogP contribution in [0.3, 0.4) is 0 Å². The van der Waals surface area contributed by atoms with Crippen molar-refractivity contribution in [2.24, 2.45) is 0 Å². The maximum Gasteiger partial charge on any atom is 0.0474 e. The maximum atomic E-state index is 7.83. The molecule has 1 radical (unpaired) electrons. The van der Waals surface area contributed by atoms with Crippen LogP contribution >= 0.6 is 0 Å². The Balaban J connectivity index is 2.21. The monoisotopic (exact) mass is 285 g/mol. The van der Waals surface area contributed by atoms with Crippen LogP contribution < -0.4 is 0 Å². The molecule has 0 heteroatoms. The van der Waals surface area contributed by atoms with Crippen LogP contribution in [0.25, 0.3) is 21.5 Å². The van der Waals surface area contributed by atoms with E-state index in [-0.39, 0.29) is 5.92 Å². The molecule has 22 heavy (non-hydrogen) atoms. The predicted octanol–water partition coefficient (Wildman–Crippen LogP) is 6.25. The normalized spacial score (nSPS) is 12.4. The first-order valence-corrected chi connectivity index (χ1v) is 8.17. The highest BCUT2D eigenvalue weighted by Gasteiger charge is 2.15. The molecular weight excluding hydrogens is 264 g/mol. The Morgan fingerprint density at radius 1 is 0.909 bits per heavy atom. The van der Waals surface area contributed by atoms with Crippen molar-refractivity contribution in [3.8, 4) is 5.92 Å². The highest BCUT2D eigenvalue weighted by atomic mass is 14.2. The van der Waals surface area contributed by atoms with Gasteiger partial charge in [-0.05, 0) is 46.0 Å². The van der Waals surface area contributed by atoms with Crippen LogP contribution in [-0.2, 0) is 0 Å². The molecule has 0 fully saturated rings. The quantitative estimate of drug-likeness (QED) is 0.295. The van der Waals surface area contributed by atoms with Crippen molar-refractivity contribution >= 4 is 21.5 Å². The number of rotatable bonds is 5. The van der Waals surface area contributed by atoms with Crippen LogP contribution in [0.5, 0.6) is 0 Å². The van der Waals surface area contributed by atoms with Gasteiger partial charge in [0, 0.05) is 5.92 Å². The van der Waals surface area contributed by atoms with Crippen LogP contribution in [0.15, 0.2) is 54.6 Å². The summed E-state index contributed by atoms with van der Waals surface area (Å²) in [6.45, 7) is 2.22. The Kier molecular flexibility index (Phi) is 4.45. The van der Waals surface area contributed by atoms with Gasteiger partial charge in [-0.15, -0.1) is 0 Å². The third-order valence-corrected chi connectivity index (χ3v) is 4.43. The van der Waals surface area contributed by atoms with Crippen LogP contribution in [0, 0.1) is 12.3 Å². The van der Waals surface area contributed by atoms with Gasteiger partial charge in [-0.2, -0.15) is 0 Å². The van der Waals surface area contributed by atoms with Gasteiger partial charge in [0.2, 0.25) is 0 Å². The lowest BCUT2D eigenvalue weighted by Gasteiger charge is -2.17. The van der Waals surface area contributed by atoms with Gasteiger partial charge < -0.3 is 0 Å². The molecule has 3 aromatic rings. The topological polar surface area (TPSA) is 0 Å². The summed E-state index contributed by atoms with van der Waals surface area (Å²) >= 11 is 0. The third-order valence-electron chi connectivity index (χ3n) is 4.43. The zero-order chi connectivity index (χ0) is 15.4. The molecule has 0 aliphatic rings. The third kappa shape index (κ3) is 2.72. The minimum atomic E-state index is 0.0857. The molecule has 0 saturated carbocycles. The lowest BCUT2D eigenvalue weighted by Crippen LogP contribution is -1.99. The fourth-order valence-corrected chi connectivity index (χ4v) is 3.31. The molecule has 1 atom stereocenters. The molecule has 0 aliphatic heterocycles. The fourth-order valence-electron chi connectivity index (χ4n) is 3.31. The molecule has 0 bridgehead atoms. The molecule has 0 amide bonds. The van der Waals surface area contributed by atoms with Crippen molar-refractivity contribution in [2.45, 2.75) is 38.5 Å². The Bertz CT molecular complexity index is 766. The first-order chi connectivity index (χ1) is 10.8. The molecule has 0 N–H and O–H groups in total. The molecule has 3 rings (SSSR count). The zero-order valence-electron chi connectivity index (χ0n) is 13.1. The number of unbranched alkanes of at least 4 members (excludes halogenated alkanes) is 2. The smallest absolute Gasteiger partial charge is 0.0474 e. The van der Waals surface area contributed by atoms with Crippen molar-refractivity contribution in [3.63, 3.8) is 0 Å². The summed E-state index contributed by atoms with van der Waals surface area (Å²) < 4.78 is 0. The summed E-state index contributed by atoms with van der Waals surface area (Å²) in [5.41, 5.74) is 1.28. The Hall–Kier alpha value is -2.26. The van der Waals surface area contributed by atoms with Crippen molar-refractivity contribution in [1.29, 1.82) is 0 Å². The van der Waals surface area contributed by atoms with Crippen molar-refractivity contribution < 1.29 is 0 Å². The molecule has 0 aromatic heterocycles. The Morgan fingerprint density at radius 3 is 2.05 bits per heavy atom. The van der Waals surface area contributed by atoms with E-state index in [2.05, 4.69) is 67.4 Å². The van der Waals surface area contributed by atoms with E-state index >= 15 is 0 Å². The zero-order valence-corrected chi connectivity index (χ0v) is 13.1. The minimum Gasteiger partial charge on any atom is -0.0808 e. The van der Waals surface area contributed by atoms with Gasteiger partial charge in [0.1, 0.15) is 0 Å². The molecule has 0 aliphatic carbocycles. The number of fused-ring (bicyclic) bond motifs is 2. The van der Waals surface area contributed by atoms with Gasteiger partial charge >= 0.3 is 0 Å². The second-order valence-electron chi connectivity index (χ2n) is 5.93. The van der Waals surface area contributed by atoms with E-state index in [1.165, 1.54) is 39.9 Å². The van der Waals surface area contributed by atoms with Crippen molar-refractivity contribution in [3.05, 3.63) is 66.6 Å². The van der Waals surface area contributed by atoms with E-state index in [0.717, 1.165) is 12.8 Å². The Labute approximate surface area is 133 Å². The molecule has 3 aromatic carbocycles. The highest BCUT2D eigenvalue weighted by molar-refractivity contribution is 6.03. The molecular formula is C22H21. The van der Waals surface area contributed by atoms with E-state index in [0.29, 0.717) is 0 Å². The first kappa shape index (κ1) is 14.7. The second kappa shape index (κ2) is 6.67. The van der Waals surface area contributed by atoms with Crippen molar-refractivity contribution in [1.82, 2.24) is 0 Å². The SMILES string of the molecule is [C]#CC(CCCCC)c1c2ccccc2cc2ccccc12. The van der Waals surface area contributed by atoms with Crippen LogP contribution in [-0.4, -0.2) is 0 Å². The molecule has 0 spiro atoms. The summed E-state index contributed by atoms with van der Waals surface area (Å²) in [5, 5.41) is 5.05. The average Bonchev–Trinajstić information content (AvgIpc) is 2.57. The number of hydrogen-bond acceptors (Lipinski definition) is 0. The van der Waals surface area contributed by atoms with Crippen LogP contribution in [0.1, 0.15) is 44.1 Å². The lowest BCUT2D eigenvalue weighted by molar-refractivity contribution is 0.641. The standard InChI is InChI=1S/C22H21/c1-3-5-6-11-17(4-2)22-20-14-9-7-12-18(20)16-19-13-8-10-15-21(19)22/h7-10,12-17H,3,5-6,11H2,1H3. The largest absolute Gasteiger partial charge is 0.0808 e. The van der Waals surface area contributed by atoms with Gasteiger partial charge in [-0.1, -0.05) is 80.6 Å². The maximum absolute atomic E-state index is 7.83.